The van der Waals surface area contributed by atoms with E-state index in [1.807, 2.05) is 30.3 Å². The maximum absolute atomic E-state index is 13.8. The van der Waals surface area contributed by atoms with Crippen molar-refractivity contribution >= 4 is 28.5 Å². The van der Waals surface area contributed by atoms with Crippen LogP contribution in [-0.2, 0) is 16.0 Å². The van der Waals surface area contributed by atoms with Crippen molar-refractivity contribution in [3.8, 4) is 0 Å². The molecule has 0 fully saturated rings. The second-order valence-corrected chi connectivity index (χ2v) is 6.00. The Morgan fingerprint density at radius 2 is 2.08 bits per heavy atom. The van der Waals surface area contributed by atoms with E-state index in [0.29, 0.717) is 5.76 Å². The summed E-state index contributed by atoms with van der Waals surface area (Å²) in [6, 6.07) is 13.8. The predicted molar refractivity (Wildman–Crippen MR) is 94.1 cm³/mol. The summed E-state index contributed by atoms with van der Waals surface area (Å²) in [5, 5.41) is 3.92. The monoisotopic (exact) mass is 361 g/mol. The summed E-state index contributed by atoms with van der Waals surface area (Å²) in [4.78, 5) is 12.1. The van der Waals surface area contributed by atoms with Gasteiger partial charge in [-0.15, -0.1) is 0 Å². The first-order valence-electron chi connectivity index (χ1n) is 7.79. The molecule has 0 aliphatic heterocycles. The van der Waals surface area contributed by atoms with Crippen molar-refractivity contribution in [1.29, 1.82) is 0 Å². The number of carbonyl (C=O) groups is 1. The Kier molecular flexibility index (Phi) is 5.36. The molecule has 1 aromatic heterocycles. The van der Waals surface area contributed by atoms with E-state index in [2.05, 4.69) is 5.32 Å². The molecule has 0 radical (unpaired) electrons. The molecule has 0 aliphatic rings. The normalized spacial score (nSPS) is 12.3. The van der Waals surface area contributed by atoms with Crippen molar-refractivity contribution in [3.05, 3.63) is 70.7 Å². The number of fused-ring (bicyclic) bond motifs is 1. The summed E-state index contributed by atoms with van der Waals surface area (Å²) >= 11 is 5.94. The molecule has 0 saturated carbocycles. The lowest BCUT2D eigenvalue weighted by molar-refractivity contribution is -0.121. The molecule has 25 heavy (non-hydrogen) atoms. The molecule has 1 atom stereocenters. The fraction of sp³-hybridized carbons (Fsp3) is 0.211. The Morgan fingerprint density at radius 1 is 1.28 bits per heavy atom. The van der Waals surface area contributed by atoms with Gasteiger partial charge in [-0.25, -0.2) is 4.39 Å². The second-order valence-electron chi connectivity index (χ2n) is 5.59. The zero-order valence-corrected chi connectivity index (χ0v) is 14.3. The van der Waals surface area contributed by atoms with Crippen LogP contribution in [0.4, 0.5) is 4.39 Å². The highest BCUT2D eigenvalue weighted by atomic mass is 35.5. The molecule has 1 amide bonds. The second kappa shape index (κ2) is 7.68. The van der Waals surface area contributed by atoms with Crippen molar-refractivity contribution < 1.29 is 18.3 Å². The molecular formula is C19H17ClFNO3. The molecular weight excluding hydrogens is 345 g/mol. The van der Waals surface area contributed by atoms with E-state index >= 15 is 0 Å². The molecule has 1 heterocycles. The van der Waals surface area contributed by atoms with Crippen molar-refractivity contribution in [2.45, 2.75) is 12.5 Å². The first kappa shape index (κ1) is 17.5. The minimum absolute atomic E-state index is 0.137. The van der Waals surface area contributed by atoms with E-state index in [9.17, 15) is 9.18 Å². The number of para-hydroxylation sites is 1. The van der Waals surface area contributed by atoms with Crippen LogP contribution in [0.15, 0.2) is 52.9 Å². The Bertz CT molecular complexity index is 840. The van der Waals surface area contributed by atoms with Crippen LogP contribution in [-0.4, -0.2) is 19.6 Å². The fourth-order valence-corrected chi connectivity index (χ4v) is 2.82. The standard InChI is InChI=1S/C19H17ClFNO3/c1-24-18(17-9-12-5-2-3-8-16(12)25-17)11-22-19(23)10-13-14(20)6-4-7-15(13)21/h2-9,18H,10-11H2,1H3,(H,22,23). The molecule has 4 nitrogen and oxygen atoms in total. The van der Waals surface area contributed by atoms with Gasteiger partial charge < -0.3 is 14.5 Å². The van der Waals surface area contributed by atoms with Gasteiger partial charge in [0.2, 0.25) is 5.91 Å². The number of halogens is 2. The van der Waals surface area contributed by atoms with Crippen LogP contribution in [0, 0.1) is 5.82 Å². The molecule has 6 heteroatoms. The molecule has 130 valence electrons. The largest absolute Gasteiger partial charge is 0.458 e. The van der Waals surface area contributed by atoms with Gasteiger partial charge in [0, 0.05) is 23.1 Å². The van der Waals surface area contributed by atoms with Gasteiger partial charge >= 0.3 is 0 Å². The van der Waals surface area contributed by atoms with Crippen LogP contribution in [0.5, 0.6) is 0 Å². The third-order valence-corrected chi connectivity index (χ3v) is 4.28. The molecule has 1 N–H and O–H groups in total. The van der Waals surface area contributed by atoms with Gasteiger partial charge in [-0.1, -0.05) is 35.9 Å². The van der Waals surface area contributed by atoms with Crippen molar-refractivity contribution in [1.82, 2.24) is 5.32 Å². The summed E-state index contributed by atoms with van der Waals surface area (Å²) in [5.74, 6) is -0.221. The lowest BCUT2D eigenvalue weighted by Gasteiger charge is -2.14. The maximum atomic E-state index is 13.8. The van der Waals surface area contributed by atoms with Crippen LogP contribution in [0.3, 0.4) is 0 Å². The minimum atomic E-state index is -0.497. The fourth-order valence-electron chi connectivity index (χ4n) is 2.59. The molecule has 3 rings (SSSR count). The van der Waals surface area contributed by atoms with Crippen LogP contribution >= 0.6 is 11.6 Å². The minimum Gasteiger partial charge on any atom is -0.458 e. The number of hydrogen-bond acceptors (Lipinski definition) is 3. The van der Waals surface area contributed by atoms with Crippen LogP contribution in [0.2, 0.25) is 5.02 Å². The number of methoxy groups -OCH3 is 1. The first-order valence-corrected chi connectivity index (χ1v) is 8.17. The van der Waals surface area contributed by atoms with Gasteiger partial charge in [-0.05, 0) is 24.3 Å². The topological polar surface area (TPSA) is 51.5 Å². The number of benzene rings is 2. The quantitative estimate of drug-likeness (QED) is 0.713. The number of furan rings is 1. The van der Waals surface area contributed by atoms with Gasteiger partial charge in [-0.2, -0.15) is 0 Å². The highest BCUT2D eigenvalue weighted by molar-refractivity contribution is 6.31. The lowest BCUT2D eigenvalue weighted by Crippen LogP contribution is -2.30. The van der Waals surface area contributed by atoms with Crippen LogP contribution in [0.1, 0.15) is 17.4 Å². The average molecular weight is 362 g/mol. The van der Waals surface area contributed by atoms with Gasteiger partial charge in [0.25, 0.3) is 0 Å². The Balaban J connectivity index is 1.65. The summed E-state index contributed by atoms with van der Waals surface area (Å²) < 4.78 is 24.9. The van der Waals surface area contributed by atoms with Gasteiger partial charge in [0.15, 0.2) is 0 Å². The zero-order valence-electron chi connectivity index (χ0n) is 13.6. The van der Waals surface area contributed by atoms with Gasteiger partial charge in [0.1, 0.15) is 23.3 Å². The Labute approximate surface area is 149 Å². The van der Waals surface area contributed by atoms with E-state index < -0.39 is 11.9 Å². The summed E-state index contributed by atoms with van der Waals surface area (Å²) in [7, 11) is 1.54. The molecule has 0 aliphatic carbocycles. The summed E-state index contributed by atoms with van der Waals surface area (Å²) in [5.41, 5.74) is 0.934. The van der Waals surface area contributed by atoms with E-state index in [1.54, 1.807) is 6.07 Å². The van der Waals surface area contributed by atoms with Gasteiger partial charge in [-0.3, -0.25) is 4.79 Å². The molecule has 1 unspecified atom stereocenters. The highest BCUT2D eigenvalue weighted by Crippen LogP contribution is 2.25. The number of carbonyl (C=O) groups excluding carboxylic acids is 1. The van der Waals surface area contributed by atoms with Crippen molar-refractivity contribution in [3.63, 3.8) is 0 Å². The van der Waals surface area contributed by atoms with Crippen LogP contribution < -0.4 is 5.32 Å². The zero-order chi connectivity index (χ0) is 17.8. The predicted octanol–water partition coefficient (Wildman–Crippen LogP) is 4.27. The molecule has 0 bridgehead atoms. The Hall–Kier alpha value is -2.37. The number of hydrogen-bond donors (Lipinski definition) is 1. The first-order chi connectivity index (χ1) is 12.1. The maximum Gasteiger partial charge on any atom is 0.224 e. The van der Waals surface area contributed by atoms with Crippen LogP contribution in [0.25, 0.3) is 11.0 Å². The highest BCUT2D eigenvalue weighted by Gasteiger charge is 2.18. The lowest BCUT2D eigenvalue weighted by atomic mass is 10.1. The van der Waals surface area contributed by atoms with E-state index in [0.717, 1.165) is 11.0 Å². The third-order valence-electron chi connectivity index (χ3n) is 3.93. The number of nitrogens with one attached hydrogen (secondary N) is 1. The van der Waals surface area contributed by atoms with E-state index in [1.165, 1.54) is 19.2 Å². The molecule has 3 aromatic rings. The summed E-state index contributed by atoms with van der Waals surface area (Å²) in [6.45, 7) is 0.210. The van der Waals surface area contributed by atoms with E-state index in [-0.39, 0.29) is 29.5 Å². The molecule has 0 spiro atoms. The summed E-state index contributed by atoms with van der Waals surface area (Å²) in [6.07, 6.45) is -0.574. The molecule has 0 saturated heterocycles. The number of rotatable bonds is 6. The van der Waals surface area contributed by atoms with E-state index in [4.69, 9.17) is 20.8 Å². The molecule has 2 aromatic carbocycles. The average Bonchev–Trinajstić information content (AvgIpc) is 3.02. The smallest absolute Gasteiger partial charge is 0.224 e. The number of ether oxygens (including phenoxy) is 1. The Morgan fingerprint density at radius 3 is 2.80 bits per heavy atom. The third kappa shape index (κ3) is 4.00. The van der Waals surface area contributed by atoms with Crippen molar-refractivity contribution in [2.75, 3.05) is 13.7 Å². The SMILES string of the molecule is COC(CNC(=O)Cc1c(F)cccc1Cl)c1cc2ccccc2o1. The van der Waals surface area contributed by atoms with Gasteiger partial charge in [0.05, 0.1) is 13.0 Å². The number of amides is 1. The van der Waals surface area contributed by atoms with Crippen molar-refractivity contribution in [2.24, 2.45) is 0 Å².